The van der Waals surface area contributed by atoms with Crippen molar-refractivity contribution >= 4 is 58.6 Å². The van der Waals surface area contributed by atoms with Gasteiger partial charge in [-0.15, -0.1) is 0 Å². The maximum absolute atomic E-state index is 14.3. The van der Waals surface area contributed by atoms with Crippen LogP contribution in [0.5, 0.6) is 0 Å². The van der Waals surface area contributed by atoms with Crippen LogP contribution in [0.15, 0.2) is 47.6 Å². The maximum atomic E-state index is 14.3. The summed E-state index contributed by atoms with van der Waals surface area (Å²) in [7, 11) is 0. The number of hydrogen-bond acceptors (Lipinski definition) is 7. The Balaban J connectivity index is 1.17. The van der Waals surface area contributed by atoms with Gasteiger partial charge in [-0.3, -0.25) is 14.4 Å². The van der Waals surface area contributed by atoms with Gasteiger partial charge in [0, 0.05) is 35.0 Å². The predicted molar refractivity (Wildman–Crippen MR) is 143 cm³/mol. The van der Waals surface area contributed by atoms with E-state index in [4.69, 9.17) is 11.6 Å². The number of amides is 2. The van der Waals surface area contributed by atoms with Crippen molar-refractivity contribution in [3.63, 3.8) is 0 Å². The van der Waals surface area contributed by atoms with Crippen molar-refractivity contribution < 1.29 is 18.8 Å². The summed E-state index contributed by atoms with van der Waals surface area (Å²) in [6.07, 6.45) is 5.65. The quantitative estimate of drug-likeness (QED) is 0.347. The van der Waals surface area contributed by atoms with Gasteiger partial charge >= 0.3 is 0 Å². The van der Waals surface area contributed by atoms with Crippen molar-refractivity contribution in [2.24, 2.45) is 10.9 Å². The number of anilines is 4. The molecule has 3 N–H and O–H groups in total. The van der Waals surface area contributed by atoms with Crippen LogP contribution in [0.1, 0.15) is 58.9 Å². The van der Waals surface area contributed by atoms with E-state index >= 15 is 0 Å². The van der Waals surface area contributed by atoms with Crippen molar-refractivity contribution in [3.8, 4) is 0 Å². The fourth-order valence-electron chi connectivity index (χ4n) is 4.56. The highest BCUT2D eigenvalue weighted by molar-refractivity contribution is 6.32. The summed E-state index contributed by atoms with van der Waals surface area (Å²) in [6, 6.07) is 9.34. The highest BCUT2D eigenvalue weighted by atomic mass is 35.5. The van der Waals surface area contributed by atoms with E-state index in [9.17, 15) is 18.8 Å². The Labute approximate surface area is 222 Å². The molecule has 2 aliphatic rings. The molecule has 9 nitrogen and oxygen atoms in total. The molecule has 1 aliphatic carbocycles. The van der Waals surface area contributed by atoms with Crippen molar-refractivity contribution in [3.05, 3.63) is 70.1 Å². The van der Waals surface area contributed by atoms with Gasteiger partial charge in [0.1, 0.15) is 10.8 Å². The Hall–Kier alpha value is -4.18. The summed E-state index contributed by atoms with van der Waals surface area (Å²) < 4.78 is 14.3. The van der Waals surface area contributed by atoms with Crippen molar-refractivity contribution in [1.29, 1.82) is 0 Å². The number of aliphatic imine (C=N–C) groups is 1. The van der Waals surface area contributed by atoms with Gasteiger partial charge in [0.15, 0.2) is 11.6 Å². The van der Waals surface area contributed by atoms with E-state index in [0.717, 1.165) is 11.6 Å². The first-order valence-electron chi connectivity index (χ1n) is 12.2. The minimum Gasteiger partial charge on any atom is -0.366 e. The molecule has 3 aromatic rings. The first-order valence-corrected chi connectivity index (χ1v) is 12.5. The summed E-state index contributed by atoms with van der Waals surface area (Å²) in [6.45, 7) is 1.36. The van der Waals surface area contributed by atoms with E-state index in [0.29, 0.717) is 53.7 Å². The zero-order chi connectivity index (χ0) is 26.8. The number of ketones is 1. The average molecular weight is 535 g/mol. The molecule has 0 unspecified atom stereocenters. The molecule has 11 heteroatoms. The van der Waals surface area contributed by atoms with Gasteiger partial charge in [-0.2, -0.15) is 4.98 Å². The van der Waals surface area contributed by atoms with Crippen LogP contribution < -0.4 is 16.0 Å². The smallest absolute Gasteiger partial charge is 0.277 e. The highest BCUT2D eigenvalue weighted by Crippen LogP contribution is 2.30. The summed E-state index contributed by atoms with van der Waals surface area (Å²) in [5, 5.41) is 9.47. The third-order valence-corrected chi connectivity index (χ3v) is 6.95. The van der Waals surface area contributed by atoms with Crippen LogP contribution in [0, 0.1) is 11.7 Å². The number of benzene rings is 2. The van der Waals surface area contributed by atoms with Gasteiger partial charge in [0.2, 0.25) is 11.9 Å². The fraction of sp³-hybridized carbons (Fsp3) is 0.259. The van der Waals surface area contributed by atoms with E-state index in [-0.39, 0.29) is 40.8 Å². The second-order valence-electron chi connectivity index (χ2n) is 9.31. The largest absolute Gasteiger partial charge is 0.366 e. The molecule has 0 radical (unpaired) electrons. The Morgan fingerprint density at radius 2 is 1.87 bits per heavy atom. The molecule has 38 heavy (non-hydrogen) atoms. The van der Waals surface area contributed by atoms with E-state index in [1.807, 2.05) is 0 Å². The maximum Gasteiger partial charge on any atom is 0.277 e. The fourth-order valence-corrected chi connectivity index (χ4v) is 4.71. The van der Waals surface area contributed by atoms with Gasteiger partial charge in [0.25, 0.3) is 5.91 Å². The molecular weight excluding hydrogens is 511 g/mol. The first-order chi connectivity index (χ1) is 18.3. The average Bonchev–Trinajstić information content (AvgIpc) is 3.27. The van der Waals surface area contributed by atoms with Crippen LogP contribution >= 0.6 is 11.6 Å². The van der Waals surface area contributed by atoms with Crippen LogP contribution in [0.25, 0.3) is 0 Å². The van der Waals surface area contributed by atoms with Crippen molar-refractivity contribution in [1.82, 2.24) is 9.97 Å². The van der Waals surface area contributed by atoms with Crippen LogP contribution in [0.4, 0.5) is 27.5 Å². The lowest BCUT2D eigenvalue weighted by Gasteiger charge is -2.29. The Morgan fingerprint density at radius 3 is 2.61 bits per heavy atom. The third-order valence-electron chi connectivity index (χ3n) is 6.68. The zero-order valence-electron chi connectivity index (χ0n) is 20.4. The number of aromatic nitrogens is 2. The number of carbonyl (C=O) groups is 3. The minimum absolute atomic E-state index is 0.0492. The van der Waals surface area contributed by atoms with E-state index < -0.39 is 5.82 Å². The molecule has 1 aromatic heterocycles. The molecule has 1 aliphatic heterocycles. The van der Waals surface area contributed by atoms with Crippen LogP contribution in [-0.2, 0) is 4.79 Å². The van der Waals surface area contributed by atoms with Crippen molar-refractivity contribution in [2.45, 2.75) is 38.6 Å². The summed E-state index contributed by atoms with van der Waals surface area (Å²) in [5.41, 5.74) is 2.30. The summed E-state index contributed by atoms with van der Waals surface area (Å²) in [5.74, 6) is -0.824. The normalized spacial score (nSPS) is 18.1. The highest BCUT2D eigenvalue weighted by Gasteiger charge is 2.27. The van der Waals surface area contributed by atoms with Crippen LogP contribution in [0.3, 0.4) is 0 Å². The summed E-state index contributed by atoms with van der Waals surface area (Å²) in [4.78, 5) is 48.3. The molecule has 2 aromatic carbocycles. The van der Waals surface area contributed by atoms with E-state index in [1.54, 1.807) is 18.2 Å². The lowest BCUT2D eigenvalue weighted by atomic mass is 9.85. The molecule has 2 heterocycles. The monoisotopic (exact) mass is 534 g/mol. The summed E-state index contributed by atoms with van der Waals surface area (Å²) >= 11 is 6.34. The Bertz CT molecular complexity index is 1470. The van der Waals surface area contributed by atoms with Gasteiger partial charge in [-0.1, -0.05) is 11.6 Å². The first kappa shape index (κ1) is 25.5. The third kappa shape index (κ3) is 5.55. The number of Topliss-reactive ketones (excluding diaryl/α,β-unsaturated/α-hetero) is 1. The van der Waals surface area contributed by atoms with Gasteiger partial charge in [-0.05, 0) is 69.0 Å². The topological polar surface area (TPSA) is 125 Å². The Morgan fingerprint density at radius 1 is 1.08 bits per heavy atom. The Kier molecular flexibility index (Phi) is 7.15. The van der Waals surface area contributed by atoms with E-state index in [2.05, 4.69) is 30.9 Å². The minimum atomic E-state index is -0.634. The number of rotatable bonds is 7. The molecule has 5 rings (SSSR count). The SMILES string of the molecule is CC(=O)c1ccc(NC(=O)C2CCC(Nc3nc(Nc4ccc5c(c4)C=NC5=O)ncc3Cl)CC2)c(F)c1. The number of carbonyl (C=O) groups excluding carboxylic acids is 3. The van der Waals surface area contributed by atoms with Crippen LogP contribution in [0.2, 0.25) is 5.02 Å². The number of nitrogens with zero attached hydrogens (tertiary/aromatic N) is 3. The predicted octanol–water partition coefficient (Wildman–Crippen LogP) is 5.40. The molecule has 0 saturated heterocycles. The molecular formula is C27H24ClFN6O3. The second kappa shape index (κ2) is 10.7. The number of nitrogens with one attached hydrogen (secondary N) is 3. The number of halogens is 2. The molecule has 0 spiro atoms. The number of hydrogen-bond donors (Lipinski definition) is 3. The van der Waals surface area contributed by atoms with Gasteiger partial charge < -0.3 is 16.0 Å². The molecule has 194 valence electrons. The lowest BCUT2D eigenvalue weighted by Crippen LogP contribution is -2.32. The molecule has 1 saturated carbocycles. The molecule has 0 atom stereocenters. The van der Waals surface area contributed by atoms with Gasteiger partial charge in [0.05, 0.1) is 17.4 Å². The van der Waals surface area contributed by atoms with Crippen molar-refractivity contribution in [2.75, 3.05) is 16.0 Å². The zero-order valence-corrected chi connectivity index (χ0v) is 21.2. The molecule has 1 fully saturated rings. The molecule has 0 bridgehead atoms. The lowest BCUT2D eigenvalue weighted by molar-refractivity contribution is -0.120. The molecule has 2 amide bonds. The number of fused-ring (bicyclic) bond motifs is 1. The van der Waals surface area contributed by atoms with E-state index in [1.165, 1.54) is 31.5 Å². The second-order valence-corrected chi connectivity index (χ2v) is 9.72. The van der Waals surface area contributed by atoms with Crippen LogP contribution in [-0.4, -0.2) is 39.8 Å². The van der Waals surface area contributed by atoms with Gasteiger partial charge in [-0.25, -0.2) is 14.4 Å². The standard InChI is InChI=1S/C27H24ClFN6O3/c1-14(36)16-4-9-23(22(29)11-16)34-25(37)15-2-5-18(6-3-15)32-24-21(28)13-31-27(35-24)33-19-7-8-20-17(10-19)12-30-26(20)38/h4,7-13,15,18H,2-3,5-6H2,1H3,(H,34,37)(H2,31,32,33,35).